The molecule has 122 valence electrons. The Hall–Kier alpha value is -1.70. The van der Waals surface area contributed by atoms with Gasteiger partial charge in [0, 0.05) is 33.1 Å². The number of carbonyl (C=O) groups excluding carboxylic acids is 2. The fraction of sp³-hybridized carbons (Fsp3) is 0.714. The molecular formula is C14H23N5O2S. The van der Waals surface area contributed by atoms with Gasteiger partial charge in [0.1, 0.15) is 5.01 Å². The molecule has 1 N–H and O–H groups in total. The second-order valence-corrected chi connectivity index (χ2v) is 7.06. The fourth-order valence-electron chi connectivity index (χ4n) is 2.37. The molecule has 3 amide bonds. The lowest BCUT2D eigenvalue weighted by atomic mass is 9.97. The monoisotopic (exact) mass is 325 g/mol. The topological polar surface area (TPSA) is 78.4 Å². The van der Waals surface area contributed by atoms with Crippen LogP contribution in [0, 0.1) is 5.92 Å². The van der Waals surface area contributed by atoms with Gasteiger partial charge in [-0.05, 0) is 12.8 Å². The molecule has 1 saturated heterocycles. The third-order valence-corrected chi connectivity index (χ3v) is 4.75. The second kappa shape index (κ2) is 7.04. The number of piperidine rings is 1. The Morgan fingerprint density at radius 3 is 2.68 bits per heavy atom. The average molecular weight is 325 g/mol. The largest absolute Gasteiger partial charge is 0.331 e. The summed E-state index contributed by atoms with van der Waals surface area (Å²) in [5.74, 6) is 0.0257. The van der Waals surface area contributed by atoms with Crippen LogP contribution < -0.4 is 5.32 Å². The van der Waals surface area contributed by atoms with E-state index in [2.05, 4.69) is 15.5 Å². The number of likely N-dealkylation sites (tertiary alicyclic amines) is 1. The number of nitrogens with one attached hydrogen (secondary N) is 1. The Kier molecular flexibility index (Phi) is 5.33. The number of amides is 3. The van der Waals surface area contributed by atoms with Crippen LogP contribution in [0.4, 0.5) is 9.93 Å². The van der Waals surface area contributed by atoms with Crippen LogP contribution in [-0.2, 0) is 4.79 Å². The number of carbonyl (C=O) groups is 2. The van der Waals surface area contributed by atoms with Crippen molar-refractivity contribution in [3.8, 4) is 0 Å². The molecule has 1 aromatic heterocycles. The van der Waals surface area contributed by atoms with E-state index in [9.17, 15) is 9.59 Å². The van der Waals surface area contributed by atoms with Gasteiger partial charge in [-0.3, -0.25) is 4.79 Å². The van der Waals surface area contributed by atoms with Crippen LogP contribution in [0.3, 0.4) is 0 Å². The van der Waals surface area contributed by atoms with E-state index in [4.69, 9.17) is 0 Å². The van der Waals surface area contributed by atoms with E-state index >= 15 is 0 Å². The first-order valence-electron chi connectivity index (χ1n) is 7.49. The fourth-order valence-corrected chi connectivity index (χ4v) is 3.12. The van der Waals surface area contributed by atoms with Crippen molar-refractivity contribution in [3.63, 3.8) is 0 Å². The van der Waals surface area contributed by atoms with E-state index in [0.717, 1.165) is 17.8 Å². The predicted octanol–water partition coefficient (Wildman–Crippen LogP) is 1.99. The summed E-state index contributed by atoms with van der Waals surface area (Å²) in [7, 11) is 3.45. The summed E-state index contributed by atoms with van der Waals surface area (Å²) in [5.41, 5.74) is 0. The van der Waals surface area contributed by atoms with Crippen LogP contribution in [0.25, 0.3) is 0 Å². The molecule has 0 aliphatic carbocycles. The molecule has 22 heavy (non-hydrogen) atoms. The first-order valence-corrected chi connectivity index (χ1v) is 8.30. The van der Waals surface area contributed by atoms with E-state index in [-0.39, 0.29) is 17.9 Å². The molecule has 0 bridgehead atoms. The van der Waals surface area contributed by atoms with E-state index < -0.39 is 0 Å². The summed E-state index contributed by atoms with van der Waals surface area (Å²) in [5, 5.41) is 12.3. The van der Waals surface area contributed by atoms with E-state index in [1.54, 1.807) is 23.9 Å². The van der Waals surface area contributed by atoms with Crippen LogP contribution in [-0.4, -0.2) is 59.1 Å². The highest BCUT2D eigenvalue weighted by Crippen LogP contribution is 2.24. The minimum absolute atomic E-state index is 0.0458. The standard InChI is InChI=1S/C14H23N5O2S/c1-9(2)12-16-17-13(22-12)15-11(20)10-6-5-7-19(8-10)14(21)18(3)4/h9-10H,5-8H2,1-4H3,(H,15,17,20)/t10-/m0/s1. The molecule has 1 aromatic rings. The van der Waals surface area contributed by atoms with Gasteiger partial charge in [-0.1, -0.05) is 25.2 Å². The predicted molar refractivity (Wildman–Crippen MR) is 86.0 cm³/mol. The molecule has 2 rings (SSSR count). The molecule has 1 atom stereocenters. The first-order chi connectivity index (χ1) is 10.4. The maximum Gasteiger partial charge on any atom is 0.319 e. The Bertz CT molecular complexity index is 543. The molecular weight excluding hydrogens is 302 g/mol. The maximum atomic E-state index is 12.4. The van der Waals surface area contributed by atoms with Crippen molar-refractivity contribution in [2.75, 3.05) is 32.5 Å². The van der Waals surface area contributed by atoms with E-state index in [1.807, 2.05) is 13.8 Å². The number of aromatic nitrogens is 2. The van der Waals surface area contributed by atoms with Gasteiger partial charge in [-0.15, -0.1) is 10.2 Å². The molecule has 0 radical (unpaired) electrons. The Morgan fingerprint density at radius 1 is 1.36 bits per heavy atom. The SMILES string of the molecule is CC(C)c1nnc(NC(=O)[C@H]2CCCN(C(=O)N(C)C)C2)s1. The summed E-state index contributed by atoms with van der Waals surface area (Å²) < 4.78 is 0. The Morgan fingerprint density at radius 2 is 2.09 bits per heavy atom. The quantitative estimate of drug-likeness (QED) is 0.922. The van der Waals surface area contributed by atoms with Crippen molar-refractivity contribution < 1.29 is 9.59 Å². The number of hydrogen-bond acceptors (Lipinski definition) is 5. The van der Waals surface area contributed by atoms with Gasteiger partial charge in [0.2, 0.25) is 11.0 Å². The zero-order valence-corrected chi connectivity index (χ0v) is 14.3. The van der Waals surface area contributed by atoms with Gasteiger partial charge in [-0.25, -0.2) is 4.79 Å². The molecule has 0 unspecified atom stereocenters. The van der Waals surface area contributed by atoms with E-state index in [0.29, 0.717) is 24.1 Å². The smallest absolute Gasteiger partial charge is 0.319 e. The van der Waals surface area contributed by atoms with Crippen molar-refractivity contribution in [2.24, 2.45) is 5.92 Å². The summed E-state index contributed by atoms with van der Waals surface area (Å²) in [4.78, 5) is 27.6. The molecule has 1 aliphatic heterocycles. The van der Waals surface area contributed by atoms with Gasteiger partial charge in [0.15, 0.2) is 0 Å². The van der Waals surface area contributed by atoms with Gasteiger partial charge in [-0.2, -0.15) is 0 Å². The summed E-state index contributed by atoms with van der Waals surface area (Å²) in [6, 6.07) is -0.0458. The summed E-state index contributed by atoms with van der Waals surface area (Å²) in [6.45, 7) is 5.24. The van der Waals surface area contributed by atoms with Gasteiger partial charge >= 0.3 is 6.03 Å². The van der Waals surface area contributed by atoms with Crippen LogP contribution in [0.5, 0.6) is 0 Å². The highest BCUT2D eigenvalue weighted by Gasteiger charge is 2.29. The number of hydrogen-bond donors (Lipinski definition) is 1. The molecule has 0 saturated carbocycles. The zero-order valence-electron chi connectivity index (χ0n) is 13.5. The second-order valence-electron chi connectivity index (χ2n) is 6.05. The lowest BCUT2D eigenvalue weighted by Crippen LogP contribution is -2.47. The van der Waals surface area contributed by atoms with Gasteiger partial charge in [0.05, 0.1) is 5.92 Å². The molecule has 2 heterocycles. The van der Waals surface area contributed by atoms with Crippen molar-refractivity contribution in [3.05, 3.63) is 5.01 Å². The summed E-state index contributed by atoms with van der Waals surface area (Å²) >= 11 is 1.40. The molecule has 1 aliphatic rings. The van der Waals surface area contributed by atoms with Crippen LogP contribution >= 0.6 is 11.3 Å². The minimum Gasteiger partial charge on any atom is -0.331 e. The average Bonchev–Trinajstić information content (AvgIpc) is 2.95. The molecule has 0 spiro atoms. The number of urea groups is 1. The summed E-state index contributed by atoms with van der Waals surface area (Å²) in [6.07, 6.45) is 1.63. The number of anilines is 1. The van der Waals surface area contributed by atoms with Crippen LogP contribution in [0.15, 0.2) is 0 Å². The van der Waals surface area contributed by atoms with Crippen molar-refractivity contribution in [1.82, 2.24) is 20.0 Å². The van der Waals surface area contributed by atoms with Gasteiger partial charge < -0.3 is 15.1 Å². The number of rotatable bonds is 3. The highest BCUT2D eigenvalue weighted by molar-refractivity contribution is 7.15. The maximum absolute atomic E-state index is 12.4. The van der Waals surface area contributed by atoms with Crippen molar-refractivity contribution in [1.29, 1.82) is 0 Å². The van der Waals surface area contributed by atoms with Gasteiger partial charge in [0.25, 0.3) is 0 Å². The van der Waals surface area contributed by atoms with E-state index in [1.165, 1.54) is 11.3 Å². The molecule has 7 nitrogen and oxygen atoms in total. The Labute approximate surface area is 134 Å². The van der Waals surface area contributed by atoms with Crippen molar-refractivity contribution in [2.45, 2.75) is 32.6 Å². The normalized spacial score (nSPS) is 18.4. The lowest BCUT2D eigenvalue weighted by Gasteiger charge is -2.33. The van der Waals surface area contributed by atoms with Crippen LogP contribution in [0.2, 0.25) is 0 Å². The zero-order chi connectivity index (χ0) is 16.3. The van der Waals surface area contributed by atoms with Crippen molar-refractivity contribution >= 4 is 28.4 Å². The molecule has 1 fully saturated rings. The third kappa shape index (κ3) is 3.94. The first kappa shape index (κ1) is 16.7. The molecule has 8 heteroatoms. The minimum atomic E-state index is -0.191. The van der Waals surface area contributed by atoms with Crippen LogP contribution in [0.1, 0.15) is 37.6 Å². The number of nitrogens with zero attached hydrogens (tertiary/aromatic N) is 4. The third-order valence-electron chi connectivity index (χ3n) is 3.61. The lowest BCUT2D eigenvalue weighted by molar-refractivity contribution is -0.121. The molecule has 0 aromatic carbocycles. The Balaban J connectivity index is 1.95. The highest BCUT2D eigenvalue weighted by atomic mass is 32.1.